The Morgan fingerprint density at radius 3 is 2.43 bits per heavy atom. The van der Waals surface area contributed by atoms with Gasteiger partial charge in [-0.1, -0.05) is 53.7 Å². The van der Waals surface area contributed by atoms with E-state index in [0.717, 1.165) is 15.5 Å². The molecule has 1 amide bonds. The van der Waals surface area contributed by atoms with E-state index in [0.29, 0.717) is 16.5 Å². The summed E-state index contributed by atoms with van der Waals surface area (Å²) in [7, 11) is 0. The van der Waals surface area contributed by atoms with Crippen molar-refractivity contribution in [3.8, 4) is 5.75 Å². The first-order valence-corrected chi connectivity index (χ1v) is 10.5. The van der Waals surface area contributed by atoms with Crippen LogP contribution >= 0.6 is 23.4 Å². The van der Waals surface area contributed by atoms with Crippen LogP contribution in [0.2, 0.25) is 5.02 Å². The molecule has 4 rings (SSSR count). The maximum absolute atomic E-state index is 12.7. The molecule has 1 N–H and O–H groups in total. The summed E-state index contributed by atoms with van der Waals surface area (Å²) in [6, 6.07) is 28.1. The molecular formula is C24H18ClNO3S. The van der Waals surface area contributed by atoms with E-state index in [-0.39, 0.29) is 18.3 Å². The molecule has 0 bridgehead atoms. The molecule has 0 fully saturated rings. The van der Waals surface area contributed by atoms with E-state index in [1.54, 1.807) is 48.2 Å². The van der Waals surface area contributed by atoms with Crippen LogP contribution in [0.3, 0.4) is 0 Å². The number of para-hydroxylation sites is 1. The SMILES string of the molecule is O=C(Nc1ccccc1Sc1ccccc1)c1ccc(COc2ccc(Cl)cc2)o1. The van der Waals surface area contributed by atoms with E-state index in [1.807, 2.05) is 54.6 Å². The average Bonchev–Trinajstić information content (AvgIpc) is 3.25. The smallest absolute Gasteiger partial charge is 0.291 e. The largest absolute Gasteiger partial charge is 0.486 e. The molecule has 0 saturated carbocycles. The topological polar surface area (TPSA) is 51.5 Å². The Bertz CT molecular complexity index is 1130. The van der Waals surface area contributed by atoms with E-state index < -0.39 is 0 Å². The number of halogens is 1. The quantitative estimate of drug-likeness (QED) is 0.342. The number of rotatable bonds is 7. The van der Waals surface area contributed by atoms with Gasteiger partial charge in [0, 0.05) is 14.8 Å². The highest BCUT2D eigenvalue weighted by Gasteiger charge is 2.14. The Labute approximate surface area is 183 Å². The standard InChI is InChI=1S/C24H18ClNO3S/c25-17-10-12-18(13-11-17)28-16-19-14-15-22(29-19)24(27)26-21-8-4-5-9-23(21)30-20-6-2-1-3-7-20/h1-15H,16H2,(H,26,27). The van der Waals surface area contributed by atoms with Crippen LogP contribution in [0.25, 0.3) is 0 Å². The second kappa shape index (κ2) is 9.57. The lowest BCUT2D eigenvalue weighted by Crippen LogP contribution is -2.11. The number of hydrogen-bond donors (Lipinski definition) is 1. The summed E-state index contributed by atoms with van der Waals surface area (Å²) in [5.74, 6) is 1.15. The molecular weight excluding hydrogens is 418 g/mol. The minimum absolute atomic E-state index is 0.218. The predicted octanol–water partition coefficient (Wildman–Crippen LogP) is 6.92. The van der Waals surface area contributed by atoms with Crippen LogP contribution in [0, 0.1) is 0 Å². The van der Waals surface area contributed by atoms with Gasteiger partial charge in [-0.05, 0) is 60.7 Å². The highest BCUT2D eigenvalue weighted by molar-refractivity contribution is 7.99. The van der Waals surface area contributed by atoms with Crippen LogP contribution in [0.1, 0.15) is 16.3 Å². The number of nitrogens with one attached hydrogen (secondary N) is 1. The van der Waals surface area contributed by atoms with Crippen LogP contribution in [0.4, 0.5) is 5.69 Å². The Morgan fingerprint density at radius 1 is 0.900 bits per heavy atom. The van der Waals surface area contributed by atoms with Crippen molar-refractivity contribution in [2.24, 2.45) is 0 Å². The number of anilines is 1. The summed E-state index contributed by atoms with van der Waals surface area (Å²) >= 11 is 7.46. The first-order chi connectivity index (χ1) is 14.7. The molecule has 0 atom stereocenters. The molecule has 0 radical (unpaired) electrons. The number of carbonyl (C=O) groups is 1. The van der Waals surface area contributed by atoms with Crippen LogP contribution in [-0.2, 0) is 6.61 Å². The van der Waals surface area contributed by atoms with E-state index in [2.05, 4.69) is 5.32 Å². The third kappa shape index (κ3) is 5.26. The molecule has 4 nitrogen and oxygen atoms in total. The fourth-order valence-electron chi connectivity index (χ4n) is 2.72. The molecule has 0 aliphatic heterocycles. The van der Waals surface area contributed by atoms with Crippen molar-refractivity contribution < 1.29 is 13.9 Å². The zero-order valence-electron chi connectivity index (χ0n) is 15.9. The van der Waals surface area contributed by atoms with Gasteiger partial charge in [-0.25, -0.2) is 0 Å². The van der Waals surface area contributed by atoms with E-state index in [1.165, 1.54) is 0 Å². The van der Waals surface area contributed by atoms with Gasteiger partial charge in [0.15, 0.2) is 5.76 Å². The number of carbonyl (C=O) groups excluding carboxylic acids is 1. The first kappa shape index (κ1) is 20.1. The van der Waals surface area contributed by atoms with Gasteiger partial charge >= 0.3 is 0 Å². The molecule has 4 aromatic rings. The monoisotopic (exact) mass is 435 g/mol. The Hall–Kier alpha value is -3.15. The molecule has 6 heteroatoms. The van der Waals surface area contributed by atoms with Gasteiger partial charge in [-0.15, -0.1) is 0 Å². The zero-order chi connectivity index (χ0) is 20.8. The molecule has 0 unspecified atom stereocenters. The summed E-state index contributed by atoms with van der Waals surface area (Å²) in [4.78, 5) is 14.7. The van der Waals surface area contributed by atoms with Crippen LogP contribution < -0.4 is 10.1 Å². The second-order valence-corrected chi connectivity index (χ2v) is 7.93. The lowest BCUT2D eigenvalue weighted by Gasteiger charge is -2.10. The Kier molecular flexibility index (Phi) is 6.42. The molecule has 0 spiro atoms. The minimum Gasteiger partial charge on any atom is -0.486 e. The third-order valence-corrected chi connectivity index (χ3v) is 5.52. The van der Waals surface area contributed by atoms with Crippen molar-refractivity contribution in [1.82, 2.24) is 0 Å². The van der Waals surface area contributed by atoms with Gasteiger partial charge in [0.1, 0.15) is 18.1 Å². The molecule has 150 valence electrons. The number of amides is 1. The maximum atomic E-state index is 12.7. The van der Waals surface area contributed by atoms with Crippen molar-refractivity contribution in [3.05, 3.63) is 108 Å². The minimum atomic E-state index is -0.311. The lowest BCUT2D eigenvalue weighted by molar-refractivity contribution is 0.0992. The highest BCUT2D eigenvalue weighted by Crippen LogP contribution is 2.33. The average molecular weight is 436 g/mol. The molecule has 0 aliphatic carbocycles. The van der Waals surface area contributed by atoms with Crippen LogP contribution in [0.15, 0.2) is 105 Å². The molecule has 1 aromatic heterocycles. The van der Waals surface area contributed by atoms with Gasteiger partial charge in [-0.3, -0.25) is 4.79 Å². The second-order valence-electron chi connectivity index (χ2n) is 6.37. The third-order valence-electron chi connectivity index (χ3n) is 4.19. The Balaban J connectivity index is 1.40. The van der Waals surface area contributed by atoms with Crippen molar-refractivity contribution in [1.29, 1.82) is 0 Å². The van der Waals surface area contributed by atoms with E-state index in [9.17, 15) is 4.79 Å². The number of benzene rings is 3. The molecule has 30 heavy (non-hydrogen) atoms. The number of furan rings is 1. The van der Waals surface area contributed by atoms with Crippen molar-refractivity contribution in [2.45, 2.75) is 16.4 Å². The summed E-state index contributed by atoms with van der Waals surface area (Å²) < 4.78 is 11.3. The van der Waals surface area contributed by atoms with Crippen molar-refractivity contribution in [3.63, 3.8) is 0 Å². The van der Waals surface area contributed by atoms with Crippen LogP contribution in [0.5, 0.6) is 5.75 Å². The molecule has 3 aromatic carbocycles. The van der Waals surface area contributed by atoms with Crippen LogP contribution in [-0.4, -0.2) is 5.91 Å². The zero-order valence-corrected chi connectivity index (χ0v) is 17.5. The Morgan fingerprint density at radius 2 is 1.63 bits per heavy atom. The van der Waals surface area contributed by atoms with E-state index >= 15 is 0 Å². The number of ether oxygens (including phenoxy) is 1. The summed E-state index contributed by atoms with van der Waals surface area (Å²) in [5, 5.41) is 3.57. The predicted molar refractivity (Wildman–Crippen MR) is 119 cm³/mol. The fourth-order valence-corrected chi connectivity index (χ4v) is 3.77. The molecule has 1 heterocycles. The van der Waals surface area contributed by atoms with Crippen molar-refractivity contribution in [2.75, 3.05) is 5.32 Å². The van der Waals surface area contributed by atoms with E-state index in [4.69, 9.17) is 20.8 Å². The first-order valence-electron chi connectivity index (χ1n) is 9.28. The van der Waals surface area contributed by atoms with Crippen molar-refractivity contribution >= 4 is 35.0 Å². The summed E-state index contributed by atoms with van der Waals surface area (Å²) in [6.07, 6.45) is 0. The van der Waals surface area contributed by atoms with Gasteiger partial charge in [0.2, 0.25) is 0 Å². The normalized spacial score (nSPS) is 10.6. The van der Waals surface area contributed by atoms with Gasteiger partial charge in [-0.2, -0.15) is 0 Å². The lowest BCUT2D eigenvalue weighted by atomic mass is 10.3. The van der Waals surface area contributed by atoms with Gasteiger partial charge in [0.05, 0.1) is 5.69 Å². The highest BCUT2D eigenvalue weighted by atomic mass is 35.5. The van der Waals surface area contributed by atoms with Gasteiger partial charge < -0.3 is 14.5 Å². The molecule has 0 aliphatic rings. The fraction of sp³-hybridized carbons (Fsp3) is 0.0417. The summed E-state index contributed by atoms with van der Waals surface area (Å²) in [5.41, 5.74) is 0.728. The summed E-state index contributed by atoms with van der Waals surface area (Å²) in [6.45, 7) is 0.218. The molecule has 0 saturated heterocycles. The maximum Gasteiger partial charge on any atom is 0.291 e. The number of hydrogen-bond acceptors (Lipinski definition) is 4. The van der Waals surface area contributed by atoms with Gasteiger partial charge in [0.25, 0.3) is 5.91 Å².